The third-order valence-corrected chi connectivity index (χ3v) is 3.97. The standard InChI is InChI=1S/C16H30N6O2.HI/c1-4-17-15(18-11-14-5-6-20-21(14)3)19-12-16(2,23)13-22-7-9-24-10-8-22;/h5-6,23H,4,7-13H2,1-3H3,(H2,17,18,19);1H. The average Bonchev–Trinajstić information content (AvgIpc) is 2.96. The van der Waals surface area contributed by atoms with Gasteiger partial charge in [0.25, 0.3) is 0 Å². The number of halogens is 1. The molecule has 1 aromatic rings. The number of nitrogens with zero attached hydrogens (tertiary/aromatic N) is 4. The van der Waals surface area contributed by atoms with Crippen molar-refractivity contribution < 1.29 is 9.84 Å². The van der Waals surface area contributed by atoms with Crippen molar-refractivity contribution in [3.05, 3.63) is 18.0 Å². The number of aliphatic imine (C=N–C) groups is 1. The molecule has 0 saturated carbocycles. The highest BCUT2D eigenvalue weighted by molar-refractivity contribution is 14.0. The van der Waals surface area contributed by atoms with Crippen LogP contribution in [0.4, 0.5) is 0 Å². The summed E-state index contributed by atoms with van der Waals surface area (Å²) < 4.78 is 7.15. The fourth-order valence-electron chi connectivity index (χ4n) is 2.63. The molecule has 1 aliphatic rings. The summed E-state index contributed by atoms with van der Waals surface area (Å²) in [6, 6.07) is 1.95. The Hall–Kier alpha value is -0.910. The van der Waals surface area contributed by atoms with Gasteiger partial charge in [0, 0.05) is 46.0 Å². The van der Waals surface area contributed by atoms with Crippen LogP contribution < -0.4 is 10.6 Å². The van der Waals surface area contributed by atoms with E-state index in [1.54, 1.807) is 6.20 Å². The zero-order chi connectivity index (χ0) is 17.4. The Balaban J connectivity index is 0.00000312. The van der Waals surface area contributed by atoms with E-state index in [2.05, 4.69) is 25.6 Å². The van der Waals surface area contributed by atoms with E-state index in [0.717, 1.165) is 38.5 Å². The molecule has 0 bridgehead atoms. The van der Waals surface area contributed by atoms with Gasteiger partial charge in [0.2, 0.25) is 0 Å². The van der Waals surface area contributed by atoms with Crippen LogP contribution >= 0.6 is 24.0 Å². The molecule has 0 amide bonds. The summed E-state index contributed by atoms with van der Waals surface area (Å²) >= 11 is 0. The molecule has 0 aliphatic carbocycles. The third-order valence-electron chi connectivity index (χ3n) is 3.97. The second kappa shape index (κ2) is 10.9. The maximum atomic E-state index is 10.6. The first kappa shape index (κ1) is 22.1. The molecule has 0 spiro atoms. The number of rotatable bonds is 7. The third kappa shape index (κ3) is 7.89. The summed E-state index contributed by atoms with van der Waals surface area (Å²) in [5.41, 5.74) is 0.201. The van der Waals surface area contributed by atoms with Gasteiger partial charge in [0.05, 0.1) is 31.1 Å². The molecule has 1 unspecified atom stereocenters. The van der Waals surface area contributed by atoms with Crippen LogP contribution in [0.1, 0.15) is 19.5 Å². The predicted molar refractivity (Wildman–Crippen MR) is 109 cm³/mol. The molecule has 144 valence electrons. The maximum absolute atomic E-state index is 10.6. The first-order valence-corrected chi connectivity index (χ1v) is 8.52. The molecular formula is C16H31IN6O2. The number of morpholine rings is 1. The van der Waals surface area contributed by atoms with Gasteiger partial charge >= 0.3 is 0 Å². The number of hydrogen-bond acceptors (Lipinski definition) is 5. The molecule has 1 aromatic heterocycles. The molecule has 3 N–H and O–H groups in total. The van der Waals surface area contributed by atoms with Crippen molar-refractivity contribution in [1.29, 1.82) is 0 Å². The van der Waals surface area contributed by atoms with E-state index in [1.165, 1.54) is 0 Å². The molecule has 0 aromatic carbocycles. The smallest absolute Gasteiger partial charge is 0.191 e. The lowest BCUT2D eigenvalue weighted by Gasteiger charge is -2.34. The van der Waals surface area contributed by atoms with Crippen molar-refractivity contribution in [2.24, 2.45) is 12.0 Å². The largest absolute Gasteiger partial charge is 0.387 e. The number of guanidine groups is 1. The Morgan fingerprint density at radius 3 is 2.72 bits per heavy atom. The second-order valence-electron chi connectivity index (χ2n) is 6.38. The van der Waals surface area contributed by atoms with E-state index >= 15 is 0 Å². The van der Waals surface area contributed by atoms with Gasteiger partial charge in [-0.1, -0.05) is 0 Å². The molecule has 1 fully saturated rings. The number of β-amino-alcohol motifs (C(OH)–C–C–N with tert-alkyl or cyclic N) is 1. The highest BCUT2D eigenvalue weighted by Crippen LogP contribution is 2.07. The van der Waals surface area contributed by atoms with Crippen LogP contribution in [0.25, 0.3) is 0 Å². The van der Waals surface area contributed by atoms with Crippen LogP contribution in [0.5, 0.6) is 0 Å². The van der Waals surface area contributed by atoms with E-state index < -0.39 is 5.60 Å². The highest BCUT2D eigenvalue weighted by Gasteiger charge is 2.25. The molecule has 9 heteroatoms. The van der Waals surface area contributed by atoms with Crippen LogP contribution in [0.2, 0.25) is 0 Å². The summed E-state index contributed by atoms with van der Waals surface area (Å²) in [4.78, 5) is 6.78. The van der Waals surface area contributed by atoms with Crippen LogP contribution in [-0.2, 0) is 18.3 Å². The average molecular weight is 466 g/mol. The molecule has 1 aliphatic heterocycles. The quantitative estimate of drug-likeness (QED) is 0.302. The SMILES string of the molecule is CCNC(=NCc1ccnn1C)NCC(C)(O)CN1CCOCC1.I. The van der Waals surface area contributed by atoms with Gasteiger partial charge < -0.3 is 20.5 Å². The first-order chi connectivity index (χ1) is 11.5. The lowest BCUT2D eigenvalue weighted by Crippen LogP contribution is -2.53. The summed E-state index contributed by atoms with van der Waals surface area (Å²) in [5, 5.41) is 21.2. The number of ether oxygens (including phenoxy) is 1. The van der Waals surface area contributed by atoms with E-state index in [-0.39, 0.29) is 24.0 Å². The van der Waals surface area contributed by atoms with E-state index in [0.29, 0.717) is 25.6 Å². The number of hydrogen-bond donors (Lipinski definition) is 3. The molecule has 1 atom stereocenters. The minimum Gasteiger partial charge on any atom is -0.387 e. The number of nitrogens with one attached hydrogen (secondary N) is 2. The normalized spacial score (nSPS) is 18.3. The van der Waals surface area contributed by atoms with Crippen LogP contribution in [0, 0.1) is 0 Å². The molecular weight excluding hydrogens is 435 g/mol. The summed E-state index contributed by atoms with van der Waals surface area (Å²) in [6.07, 6.45) is 1.76. The van der Waals surface area contributed by atoms with Crippen molar-refractivity contribution in [3.63, 3.8) is 0 Å². The minimum absolute atomic E-state index is 0. The van der Waals surface area contributed by atoms with Gasteiger partial charge in [0.1, 0.15) is 0 Å². The Kier molecular flexibility index (Phi) is 9.69. The van der Waals surface area contributed by atoms with Crippen molar-refractivity contribution in [3.8, 4) is 0 Å². The predicted octanol–water partition coefficient (Wildman–Crippen LogP) is 0.176. The molecule has 2 rings (SSSR count). The lowest BCUT2D eigenvalue weighted by molar-refractivity contribution is -0.0201. The summed E-state index contributed by atoms with van der Waals surface area (Å²) in [6.45, 7) is 9.42. The fourth-order valence-corrected chi connectivity index (χ4v) is 2.63. The van der Waals surface area contributed by atoms with E-state index in [1.807, 2.05) is 31.6 Å². The Morgan fingerprint density at radius 2 is 2.12 bits per heavy atom. The molecule has 25 heavy (non-hydrogen) atoms. The van der Waals surface area contributed by atoms with Gasteiger partial charge in [-0.15, -0.1) is 24.0 Å². The molecule has 8 nitrogen and oxygen atoms in total. The van der Waals surface area contributed by atoms with E-state index in [9.17, 15) is 5.11 Å². The Morgan fingerprint density at radius 1 is 1.40 bits per heavy atom. The monoisotopic (exact) mass is 466 g/mol. The Labute approximate surface area is 167 Å². The molecule has 0 radical (unpaired) electrons. The zero-order valence-corrected chi connectivity index (χ0v) is 17.7. The maximum Gasteiger partial charge on any atom is 0.191 e. The van der Waals surface area contributed by atoms with Crippen molar-refractivity contribution in [2.75, 3.05) is 45.9 Å². The fraction of sp³-hybridized carbons (Fsp3) is 0.750. The Bertz CT molecular complexity index is 528. The van der Waals surface area contributed by atoms with Crippen LogP contribution in [0.15, 0.2) is 17.3 Å². The van der Waals surface area contributed by atoms with Gasteiger partial charge in [-0.3, -0.25) is 9.58 Å². The number of aryl methyl sites for hydroxylation is 1. The highest BCUT2D eigenvalue weighted by atomic mass is 127. The lowest BCUT2D eigenvalue weighted by atomic mass is 10.1. The van der Waals surface area contributed by atoms with Crippen LogP contribution in [-0.4, -0.2) is 77.3 Å². The van der Waals surface area contributed by atoms with Gasteiger partial charge in [-0.05, 0) is 19.9 Å². The summed E-state index contributed by atoms with van der Waals surface area (Å²) in [7, 11) is 1.90. The summed E-state index contributed by atoms with van der Waals surface area (Å²) in [5.74, 6) is 0.695. The van der Waals surface area contributed by atoms with E-state index in [4.69, 9.17) is 4.74 Å². The number of aliphatic hydroxyl groups is 1. The molecule has 1 saturated heterocycles. The number of aromatic nitrogens is 2. The van der Waals surface area contributed by atoms with Gasteiger partial charge in [-0.2, -0.15) is 5.10 Å². The minimum atomic E-state index is -0.833. The van der Waals surface area contributed by atoms with Gasteiger partial charge in [0.15, 0.2) is 5.96 Å². The zero-order valence-electron chi connectivity index (χ0n) is 15.4. The first-order valence-electron chi connectivity index (χ1n) is 8.52. The topological polar surface area (TPSA) is 86.9 Å². The van der Waals surface area contributed by atoms with Gasteiger partial charge in [-0.25, -0.2) is 4.99 Å². The van der Waals surface area contributed by atoms with Crippen molar-refractivity contribution >= 4 is 29.9 Å². The van der Waals surface area contributed by atoms with Crippen molar-refractivity contribution in [1.82, 2.24) is 25.3 Å². The second-order valence-corrected chi connectivity index (χ2v) is 6.38. The van der Waals surface area contributed by atoms with Crippen molar-refractivity contribution in [2.45, 2.75) is 26.0 Å². The molecule has 2 heterocycles. The van der Waals surface area contributed by atoms with Crippen LogP contribution in [0.3, 0.4) is 0 Å².